The molecule has 0 radical (unpaired) electrons. The molecule has 4 heterocycles. The molecule has 0 unspecified atom stereocenters. The molecular formula is C47H48N8O9S2. The number of rotatable bonds is 13. The van der Waals surface area contributed by atoms with Crippen LogP contribution < -0.4 is 10.6 Å². The number of ether oxygens (including phenoxy) is 2. The van der Waals surface area contributed by atoms with E-state index in [1.165, 1.54) is 19.1 Å². The van der Waals surface area contributed by atoms with E-state index in [-0.39, 0.29) is 30.2 Å². The molecule has 5 N–H and O–H groups in total. The molecule has 6 atom stereocenters. The Morgan fingerprint density at radius 2 is 1.06 bits per heavy atom. The topological polar surface area (TPSA) is 229 Å². The number of imidazole rings is 2. The van der Waals surface area contributed by atoms with Crippen molar-refractivity contribution in [2.24, 2.45) is 0 Å². The molecule has 2 aromatic heterocycles. The van der Waals surface area contributed by atoms with Gasteiger partial charge in [0.15, 0.2) is 0 Å². The first kappa shape index (κ1) is 45.6. The number of benzene rings is 4. The van der Waals surface area contributed by atoms with Crippen molar-refractivity contribution in [3.8, 4) is 33.6 Å². The van der Waals surface area contributed by atoms with Gasteiger partial charge in [0.2, 0.25) is 0 Å². The van der Waals surface area contributed by atoms with Gasteiger partial charge in [0.1, 0.15) is 29.0 Å². The fourth-order valence-electron chi connectivity index (χ4n) is 8.53. The first-order chi connectivity index (χ1) is 31.8. The normalized spacial score (nSPS) is 19.2. The van der Waals surface area contributed by atoms with E-state index in [0.717, 1.165) is 27.9 Å². The second-order valence-electron chi connectivity index (χ2n) is 16.0. The Balaban J connectivity index is 0.972. The number of amides is 4. The predicted molar refractivity (Wildman–Crippen MR) is 247 cm³/mol. The molecule has 0 bridgehead atoms. The van der Waals surface area contributed by atoms with Crippen molar-refractivity contribution in [1.29, 1.82) is 0 Å². The average molecular weight is 933 g/mol. The van der Waals surface area contributed by atoms with Crippen molar-refractivity contribution in [2.45, 2.75) is 47.5 Å². The zero-order chi connectivity index (χ0) is 46.5. The molecule has 19 heteroatoms. The predicted octanol–water partition coefficient (Wildman–Crippen LogP) is 6.86. The molecule has 0 saturated carbocycles. The maximum atomic E-state index is 14.2. The number of aromatic amines is 2. The maximum absolute atomic E-state index is 14.2. The summed E-state index contributed by atoms with van der Waals surface area (Å²) in [6.45, 7) is 0.179. The Morgan fingerprint density at radius 3 is 1.47 bits per heavy atom. The summed E-state index contributed by atoms with van der Waals surface area (Å²) in [5, 5.41) is 4.18. The second-order valence-corrected chi connectivity index (χ2v) is 18.8. The van der Waals surface area contributed by atoms with Gasteiger partial charge in [-0.3, -0.25) is 14.1 Å². The van der Waals surface area contributed by atoms with Crippen LogP contribution in [0.3, 0.4) is 0 Å². The summed E-state index contributed by atoms with van der Waals surface area (Å²) in [6, 6.07) is 30.0. The number of methoxy groups -OCH3 is 2. The van der Waals surface area contributed by atoms with Crippen molar-refractivity contribution >= 4 is 45.9 Å². The van der Waals surface area contributed by atoms with E-state index in [1.54, 1.807) is 71.5 Å². The first-order valence-electron chi connectivity index (χ1n) is 21.0. The minimum absolute atomic E-state index is 0.116. The first-order valence-corrected chi connectivity index (χ1v) is 23.8. The number of carbonyl (C=O) groups excluding carboxylic acids is 4. The number of thioether (sulfide) groups is 1. The minimum atomic E-state index is -4.53. The molecular weight excluding hydrogens is 885 g/mol. The number of alkyl carbamates (subject to hydrolysis) is 2. The van der Waals surface area contributed by atoms with Crippen LogP contribution in [0.2, 0.25) is 0 Å². The van der Waals surface area contributed by atoms with E-state index in [4.69, 9.17) is 14.5 Å². The van der Waals surface area contributed by atoms with Gasteiger partial charge in [0, 0.05) is 18.3 Å². The van der Waals surface area contributed by atoms with Gasteiger partial charge in [0.05, 0.1) is 50.1 Å². The highest BCUT2D eigenvalue weighted by Gasteiger charge is 2.46. The van der Waals surface area contributed by atoms with Crippen LogP contribution in [0.15, 0.2) is 122 Å². The van der Waals surface area contributed by atoms with E-state index in [9.17, 15) is 32.1 Å². The van der Waals surface area contributed by atoms with E-state index < -0.39 is 51.6 Å². The number of hydrogen-bond donors (Lipinski definition) is 5. The average Bonchev–Trinajstić information content (AvgIpc) is 4.19. The summed E-state index contributed by atoms with van der Waals surface area (Å²) in [5.74, 6) is 0.127. The zero-order valence-electron chi connectivity index (χ0n) is 36.2. The number of carbonyl (C=O) groups is 4. The van der Waals surface area contributed by atoms with Crippen LogP contribution in [0.25, 0.3) is 33.6 Å². The lowest BCUT2D eigenvalue weighted by molar-refractivity contribution is -0.135. The molecule has 8 rings (SSSR count). The van der Waals surface area contributed by atoms with Crippen LogP contribution in [0.5, 0.6) is 0 Å². The monoisotopic (exact) mass is 932 g/mol. The fraction of sp³-hybridized carbons (Fsp3) is 0.277. The summed E-state index contributed by atoms with van der Waals surface area (Å²) in [4.78, 5) is 72.0. The largest absolute Gasteiger partial charge is 0.453 e. The molecule has 0 aliphatic carbocycles. The smallest absolute Gasteiger partial charge is 0.407 e. The van der Waals surface area contributed by atoms with Gasteiger partial charge in [-0.25, -0.2) is 19.6 Å². The highest BCUT2D eigenvalue weighted by atomic mass is 32.2. The summed E-state index contributed by atoms with van der Waals surface area (Å²) < 4.78 is 44.4. The Hall–Kier alpha value is -6.96. The van der Waals surface area contributed by atoms with E-state index >= 15 is 0 Å². The van der Waals surface area contributed by atoms with E-state index in [1.807, 2.05) is 73.0 Å². The van der Waals surface area contributed by atoms with Gasteiger partial charge < -0.3 is 39.9 Å². The van der Waals surface area contributed by atoms with Crippen LogP contribution >= 0.6 is 11.8 Å². The van der Waals surface area contributed by atoms with Crippen LogP contribution in [0.4, 0.5) is 9.59 Å². The summed E-state index contributed by atoms with van der Waals surface area (Å²) in [5.41, 5.74) is 6.11. The van der Waals surface area contributed by atoms with Crippen molar-refractivity contribution in [3.63, 3.8) is 0 Å². The van der Waals surface area contributed by atoms with Crippen LogP contribution in [-0.2, 0) is 29.2 Å². The van der Waals surface area contributed by atoms with Crippen LogP contribution in [0.1, 0.15) is 59.8 Å². The van der Waals surface area contributed by atoms with E-state index in [2.05, 4.69) is 25.6 Å². The molecule has 0 spiro atoms. The Labute approximate surface area is 385 Å². The molecule has 4 aromatic carbocycles. The SMILES string of the molecule is COC(=O)N[C@H](C(=O)N1C[C@@H](SC)C[C@H]1c1ncc(-c2ccc(-c3ccc(-c4cnc([C@@H]5C[C@H](S(=O)(=O)O)CN5C(=O)[C@@H](NC(=O)OC)c5ccccc5)[nH]4)cc3)cc2)[nH]1)c1ccccc1. The van der Waals surface area contributed by atoms with Crippen LogP contribution in [-0.4, -0.2) is 111 Å². The fourth-order valence-corrected chi connectivity index (χ4v) is 9.99. The third-order valence-corrected chi connectivity index (χ3v) is 14.2. The lowest BCUT2D eigenvalue weighted by atomic mass is 10.0. The van der Waals surface area contributed by atoms with Crippen LogP contribution in [0, 0.1) is 0 Å². The van der Waals surface area contributed by atoms with Gasteiger partial charge in [0.25, 0.3) is 21.9 Å². The van der Waals surface area contributed by atoms with Gasteiger partial charge in [-0.2, -0.15) is 20.2 Å². The van der Waals surface area contributed by atoms with Gasteiger partial charge >= 0.3 is 12.2 Å². The molecule has 2 aliphatic rings. The van der Waals surface area contributed by atoms with Gasteiger partial charge in [-0.15, -0.1) is 0 Å². The molecule has 4 amide bonds. The summed E-state index contributed by atoms with van der Waals surface area (Å²) in [6.07, 6.45) is 4.41. The number of nitrogens with zero attached hydrogens (tertiary/aromatic N) is 4. The van der Waals surface area contributed by atoms with Gasteiger partial charge in [-0.05, 0) is 52.5 Å². The number of hydrogen-bond acceptors (Lipinski definition) is 11. The Bertz CT molecular complexity index is 2790. The maximum Gasteiger partial charge on any atom is 0.407 e. The lowest BCUT2D eigenvalue weighted by Crippen LogP contribution is -2.43. The Kier molecular flexibility index (Phi) is 13.6. The standard InChI is InChI=1S/C47H48N8O9S2/c1-63-46(58)52-40(32-10-6-4-7-11-32)44(56)54-26-34(65-3)22-38(54)42-48-24-36(50-42)30-18-14-28(15-19-30)29-16-20-31(21-17-29)37-25-49-43(51-37)39-23-35(66(60,61)62)27-55(39)45(57)41(53-47(59)64-2)33-12-8-5-9-13-33/h4-21,24-25,34-35,38-41H,22-23,26-27H2,1-3H3,(H,48,50)(H,49,51)(H,52,58)(H,53,59)(H,60,61,62)/t34-,35-,38-,39-,40-,41-/m0/s1. The second kappa shape index (κ2) is 19.6. The van der Waals surface area contributed by atoms with Gasteiger partial charge in [-0.1, -0.05) is 109 Å². The molecule has 6 aromatic rings. The molecule has 2 saturated heterocycles. The van der Waals surface area contributed by atoms with Crippen molar-refractivity contribution in [3.05, 3.63) is 144 Å². The molecule has 2 fully saturated rings. The zero-order valence-corrected chi connectivity index (χ0v) is 37.8. The number of aromatic nitrogens is 4. The Morgan fingerprint density at radius 1 is 0.652 bits per heavy atom. The minimum Gasteiger partial charge on any atom is -0.453 e. The highest BCUT2D eigenvalue weighted by molar-refractivity contribution is 7.99. The lowest BCUT2D eigenvalue weighted by Gasteiger charge is -2.28. The summed E-state index contributed by atoms with van der Waals surface area (Å²) >= 11 is 1.68. The molecule has 17 nitrogen and oxygen atoms in total. The van der Waals surface area contributed by atoms with Crippen molar-refractivity contribution in [2.75, 3.05) is 33.6 Å². The van der Waals surface area contributed by atoms with Crippen molar-refractivity contribution < 1.29 is 41.6 Å². The number of H-pyrrole nitrogens is 2. The number of likely N-dealkylation sites (tertiary alicyclic amines) is 2. The molecule has 342 valence electrons. The highest BCUT2D eigenvalue weighted by Crippen LogP contribution is 2.39. The molecule has 66 heavy (non-hydrogen) atoms. The third kappa shape index (κ3) is 9.82. The summed E-state index contributed by atoms with van der Waals surface area (Å²) in [7, 11) is -2.09. The third-order valence-electron chi connectivity index (χ3n) is 12.0. The van der Waals surface area contributed by atoms with Crippen molar-refractivity contribution in [1.82, 2.24) is 40.4 Å². The molecule has 2 aliphatic heterocycles. The number of nitrogens with one attached hydrogen (secondary N) is 4. The quantitative estimate of drug-likeness (QED) is 0.0748. The van der Waals surface area contributed by atoms with E-state index in [0.29, 0.717) is 41.4 Å².